The van der Waals surface area contributed by atoms with E-state index >= 15 is 0 Å². The molecule has 12 nitrogen and oxygen atoms in total. The molecule has 4 aromatic rings. The van der Waals surface area contributed by atoms with Crippen LogP contribution in [0, 0.1) is 23.7 Å². The number of nitrogens with zero attached hydrogens (tertiary/aromatic N) is 2. The number of hydrogen-bond donors (Lipinski definition) is 4. The molecule has 0 amide bonds. The number of ether oxygens (including phenoxy) is 2. The van der Waals surface area contributed by atoms with Gasteiger partial charge in [0.25, 0.3) is 0 Å². The van der Waals surface area contributed by atoms with Crippen LogP contribution in [0.1, 0.15) is 73.6 Å². The van der Waals surface area contributed by atoms with Crippen molar-refractivity contribution in [3.63, 3.8) is 0 Å². The Bertz CT molecular complexity index is 2620. The molecular weight excluding hydrogens is 944 g/mol. The Labute approximate surface area is 411 Å². The van der Waals surface area contributed by atoms with Gasteiger partial charge < -0.3 is 29.5 Å². The number of aryl methyl sites for hydroxylation is 2. The summed E-state index contributed by atoms with van der Waals surface area (Å²) in [5.41, 5.74) is 6.01. The lowest BCUT2D eigenvalue weighted by Gasteiger charge is -2.45. The Morgan fingerprint density at radius 3 is 1.41 bits per heavy atom. The maximum Gasteiger partial charge on any atom is 0.238 e. The third kappa shape index (κ3) is 9.69. The lowest BCUT2D eigenvalue weighted by molar-refractivity contribution is 0.0458. The van der Waals surface area contributed by atoms with E-state index in [9.17, 15) is 27.0 Å². The number of benzene rings is 4. The number of sulfonamides is 2. The molecule has 2 spiro atoms. The number of halogens is 2. The Morgan fingerprint density at radius 2 is 1.06 bits per heavy atom. The molecule has 8 atom stereocenters. The van der Waals surface area contributed by atoms with Gasteiger partial charge in [0.1, 0.15) is 11.5 Å². The van der Waals surface area contributed by atoms with Crippen molar-refractivity contribution in [3.8, 4) is 11.5 Å². The standard InChI is InChI=1S/2C26H31ClN2O4S/c2*1-2-24(30)21-8-5-18(21)14-29-15-26(11-3-4-17-12-19(27)6-9-22(17)26)16-33-25-10-7-20(13-23(25)29)34(28,31)32/h2*2,6-7,9-10,12-13,18,21,24,30H,1,3-5,8,11,14-16H2,(H2,28,31,32)/t18-,21+,24+,26-;18-,21+,24-,26-/m00/s1. The van der Waals surface area contributed by atoms with Gasteiger partial charge in [0.2, 0.25) is 20.0 Å². The van der Waals surface area contributed by atoms with Crippen LogP contribution in [-0.4, -0.2) is 78.6 Å². The number of aliphatic hydroxyl groups is 2. The smallest absolute Gasteiger partial charge is 0.238 e. The number of nitrogens with two attached hydrogens (primary N) is 2. The van der Waals surface area contributed by atoms with Crippen molar-refractivity contribution in [2.24, 2.45) is 33.9 Å². The molecule has 0 bridgehead atoms. The predicted octanol–water partition coefficient (Wildman–Crippen LogP) is 8.07. The Kier molecular flexibility index (Phi) is 13.8. The molecule has 2 heterocycles. The zero-order valence-corrected chi connectivity index (χ0v) is 41.4. The molecule has 0 unspecified atom stereocenters. The van der Waals surface area contributed by atoms with Crippen molar-refractivity contribution in [2.45, 2.75) is 97.0 Å². The van der Waals surface area contributed by atoms with Gasteiger partial charge in [0, 0.05) is 47.1 Å². The SMILES string of the molecule is C=C[C@@H](O)[C@@H]1CC[C@H]1CN1C[C@@]2(CCCc3cc(Cl)ccc32)COc2ccc(S(N)(=O)=O)cc21.C=C[C@H](O)[C@@H]1CC[C@H]1CN1C[C@@]2(CCCc3cc(Cl)ccc32)COc2ccc(S(N)(=O)=O)cc21. The lowest BCUT2D eigenvalue weighted by Crippen LogP contribution is -2.49. The minimum absolute atomic E-state index is 0.0721. The first-order valence-corrected chi connectivity index (χ1v) is 27.5. The Hall–Kier alpha value is -4.12. The van der Waals surface area contributed by atoms with Gasteiger partial charge in [0.05, 0.1) is 46.6 Å². The second-order valence-electron chi connectivity index (χ2n) is 20.0. The predicted molar refractivity (Wildman–Crippen MR) is 268 cm³/mol. The second-order valence-corrected chi connectivity index (χ2v) is 24.0. The number of primary sulfonamides is 2. The van der Waals surface area contributed by atoms with Crippen LogP contribution in [0.5, 0.6) is 11.5 Å². The third-order valence-electron chi connectivity index (χ3n) is 15.9. The first-order valence-electron chi connectivity index (χ1n) is 23.7. The minimum Gasteiger partial charge on any atom is -0.490 e. The van der Waals surface area contributed by atoms with Crippen LogP contribution in [-0.2, 0) is 43.7 Å². The summed E-state index contributed by atoms with van der Waals surface area (Å²) in [7, 11) is -7.71. The van der Waals surface area contributed by atoms with Crippen LogP contribution in [0.2, 0.25) is 10.0 Å². The van der Waals surface area contributed by atoms with Crippen molar-refractivity contribution >= 4 is 54.6 Å². The van der Waals surface area contributed by atoms with Crippen LogP contribution in [0.15, 0.2) is 108 Å². The Balaban J connectivity index is 0.000000170. The summed E-state index contributed by atoms with van der Waals surface area (Å²) in [6, 6.07) is 21.9. The summed E-state index contributed by atoms with van der Waals surface area (Å²) >= 11 is 12.6. The normalized spacial score (nSPS) is 27.1. The minimum atomic E-state index is -3.86. The second kappa shape index (κ2) is 19.2. The highest BCUT2D eigenvalue weighted by Gasteiger charge is 2.46. The van der Waals surface area contributed by atoms with Gasteiger partial charge in [0.15, 0.2) is 0 Å². The molecule has 10 rings (SSSR count). The van der Waals surface area contributed by atoms with Crippen LogP contribution >= 0.6 is 23.2 Å². The fourth-order valence-corrected chi connectivity index (χ4v) is 13.5. The number of hydrogen-bond acceptors (Lipinski definition) is 10. The number of fused-ring (bicyclic) bond motifs is 6. The van der Waals surface area contributed by atoms with Crippen LogP contribution in [0.4, 0.5) is 11.4 Å². The summed E-state index contributed by atoms with van der Waals surface area (Å²) < 4.78 is 61.3. The van der Waals surface area contributed by atoms with Gasteiger partial charge in [-0.1, -0.05) is 47.5 Å². The third-order valence-corrected chi connectivity index (χ3v) is 18.2. The zero-order valence-electron chi connectivity index (χ0n) is 38.2. The number of aliphatic hydroxyl groups excluding tert-OH is 2. The van der Waals surface area contributed by atoms with Crippen LogP contribution < -0.4 is 29.6 Å². The topological polar surface area (TPSA) is 186 Å². The van der Waals surface area contributed by atoms with E-state index in [1.54, 1.807) is 36.4 Å². The summed E-state index contributed by atoms with van der Waals surface area (Å²) in [6.45, 7) is 11.3. The van der Waals surface area contributed by atoms with Gasteiger partial charge in [-0.2, -0.15) is 0 Å². The summed E-state index contributed by atoms with van der Waals surface area (Å²) in [4.78, 5) is 4.66. The maximum atomic E-state index is 12.1. The van der Waals surface area contributed by atoms with E-state index in [4.69, 9.17) is 43.0 Å². The van der Waals surface area contributed by atoms with Crippen molar-refractivity contribution in [3.05, 3.63) is 130 Å². The average molecular weight is 1010 g/mol. The fraction of sp³-hybridized carbons (Fsp3) is 0.462. The molecular formula is C52H62Cl2N4O8S2. The van der Waals surface area contributed by atoms with E-state index in [2.05, 4.69) is 47.2 Å². The van der Waals surface area contributed by atoms with Gasteiger partial charge in [-0.15, -0.1) is 13.2 Å². The van der Waals surface area contributed by atoms with Gasteiger partial charge in [-0.25, -0.2) is 27.1 Å². The first kappa shape index (κ1) is 48.9. The molecule has 0 aromatic heterocycles. The molecule has 0 saturated heterocycles. The highest BCUT2D eigenvalue weighted by molar-refractivity contribution is 7.89. The van der Waals surface area contributed by atoms with E-state index in [1.165, 1.54) is 34.4 Å². The highest BCUT2D eigenvalue weighted by atomic mass is 35.5. The summed E-state index contributed by atoms with van der Waals surface area (Å²) in [5, 5.41) is 33.2. The summed E-state index contributed by atoms with van der Waals surface area (Å²) in [5.74, 6) is 2.18. The van der Waals surface area contributed by atoms with Crippen molar-refractivity contribution in [1.82, 2.24) is 0 Å². The quantitative estimate of drug-likeness (QED) is 0.113. The van der Waals surface area contributed by atoms with Crippen molar-refractivity contribution in [2.75, 3.05) is 49.2 Å². The lowest BCUT2D eigenvalue weighted by atomic mass is 9.68. The van der Waals surface area contributed by atoms with Crippen LogP contribution in [0.25, 0.3) is 0 Å². The fourth-order valence-electron chi connectivity index (χ4n) is 12.0. The van der Waals surface area contributed by atoms with Gasteiger partial charge in [-0.05, 0) is 171 Å². The molecule has 6 N–H and O–H groups in total. The Morgan fingerprint density at radius 1 is 0.647 bits per heavy atom. The molecule has 364 valence electrons. The number of anilines is 2. The first-order chi connectivity index (χ1) is 32.4. The highest BCUT2D eigenvalue weighted by Crippen LogP contribution is 2.49. The molecule has 16 heteroatoms. The van der Waals surface area contributed by atoms with E-state index in [0.29, 0.717) is 50.9 Å². The van der Waals surface area contributed by atoms with E-state index in [-0.39, 0.29) is 44.3 Å². The largest absolute Gasteiger partial charge is 0.490 e. The number of rotatable bonds is 10. The average Bonchev–Trinajstić information content (AvgIpc) is 3.54. The van der Waals surface area contributed by atoms with Crippen molar-refractivity contribution < 1.29 is 36.5 Å². The molecule has 2 aliphatic heterocycles. The van der Waals surface area contributed by atoms with Crippen LogP contribution in [0.3, 0.4) is 0 Å². The van der Waals surface area contributed by atoms with E-state index in [1.807, 2.05) is 12.1 Å². The van der Waals surface area contributed by atoms with Crippen molar-refractivity contribution in [1.29, 1.82) is 0 Å². The molecule has 2 saturated carbocycles. The zero-order chi connectivity index (χ0) is 48.2. The molecule has 4 aliphatic carbocycles. The summed E-state index contributed by atoms with van der Waals surface area (Å²) in [6.07, 6.45) is 12.0. The van der Waals surface area contributed by atoms with E-state index < -0.39 is 32.3 Å². The maximum absolute atomic E-state index is 12.1. The van der Waals surface area contributed by atoms with Gasteiger partial charge >= 0.3 is 0 Å². The molecule has 2 fully saturated rings. The monoisotopic (exact) mass is 1000 g/mol. The van der Waals surface area contributed by atoms with E-state index in [0.717, 1.165) is 85.6 Å². The molecule has 6 aliphatic rings. The molecule has 68 heavy (non-hydrogen) atoms. The molecule has 0 radical (unpaired) electrons. The van der Waals surface area contributed by atoms with Gasteiger partial charge in [-0.3, -0.25) is 0 Å². The molecule has 4 aromatic carbocycles.